The predicted octanol–water partition coefficient (Wildman–Crippen LogP) is 0.501. The maximum absolute atomic E-state index is 11.3. The van der Waals surface area contributed by atoms with Crippen LogP contribution in [0.15, 0.2) is 5.28 Å². The van der Waals surface area contributed by atoms with Crippen molar-refractivity contribution in [1.82, 2.24) is 5.01 Å². The molecule has 9 nitrogen and oxygen atoms in total. The Balaban J connectivity index is 2.33. The van der Waals surface area contributed by atoms with Crippen LogP contribution in [0.5, 0.6) is 0 Å². The van der Waals surface area contributed by atoms with Gasteiger partial charge in [-0.05, 0) is 20.8 Å². The summed E-state index contributed by atoms with van der Waals surface area (Å²) in [5.74, 6) is -1.59. The average Bonchev–Trinajstić information content (AvgIpc) is 2.20. The van der Waals surface area contributed by atoms with Gasteiger partial charge in [0.2, 0.25) is 5.28 Å². The Hall–Kier alpha value is -2.06. The Morgan fingerprint density at radius 2 is 2.16 bits per heavy atom. The lowest BCUT2D eigenvalue weighted by Gasteiger charge is -2.31. The summed E-state index contributed by atoms with van der Waals surface area (Å²) in [5, 5.41) is 24.1. The molecule has 1 rings (SSSR count). The molecule has 1 aliphatic rings. The fourth-order valence-electron chi connectivity index (χ4n) is 1.25. The molecule has 0 spiro atoms. The molecule has 0 aromatic heterocycles. The second-order valence-electron chi connectivity index (χ2n) is 5.07. The van der Waals surface area contributed by atoms with E-state index in [1.54, 1.807) is 20.8 Å². The van der Waals surface area contributed by atoms with E-state index in [9.17, 15) is 14.8 Å². The zero-order valence-electron chi connectivity index (χ0n) is 11.0. The van der Waals surface area contributed by atoms with E-state index >= 15 is 0 Å². The molecule has 1 unspecified atom stereocenters. The third-order valence-electron chi connectivity index (χ3n) is 2.48. The Labute approximate surface area is 109 Å². The van der Waals surface area contributed by atoms with Crippen molar-refractivity contribution >= 4 is 11.9 Å². The number of aliphatic carboxylic acids is 1. The smallest absolute Gasteiger partial charge is 0.332 e. The molecule has 0 aromatic carbocycles. The third-order valence-corrected chi connectivity index (χ3v) is 2.48. The highest BCUT2D eigenvalue weighted by Gasteiger charge is 2.41. The Morgan fingerprint density at radius 1 is 1.53 bits per heavy atom. The van der Waals surface area contributed by atoms with Crippen molar-refractivity contribution in [3.8, 4) is 0 Å². The first-order chi connectivity index (χ1) is 8.73. The zero-order valence-corrected chi connectivity index (χ0v) is 11.0. The summed E-state index contributed by atoms with van der Waals surface area (Å²) in [4.78, 5) is 26.6. The quantitative estimate of drug-likeness (QED) is 0.194. The van der Waals surface area contributed by atoms with Crippen LogP contribution in [0.25, 0.3) is 0 Å². The molecule has 1 heterocycles. The van der Waals surface area contributed by atoms with E-state index in [1.807, 2.05) is 0 Å². The maximum Gasteiger partial charge on any atom is 0.332 e. The first kappa shape index (κ1) is 15.0. The van der Waals surface area contributed by atoms with Gasteiger partial charge in [-0.3, -0.25) is 4.79 Å². The molecule has 0 bridgehead atoms. The highest BCUT2D eigenvalue weighted by molar-refractivity contribution is 5.75. The summed E-state index contributed by atoms with van der Waals surface area (Å²) < 4.78 is 4.71. The number of ether oxygens (including phenoxy) is 1. The number of hydrazine groups is 1. The molecule has 1 saturated heterocycles. The third kappa shape index (κ3) is 3.97. The van der Waals surface area contributed by atoms with E-state index in [4.69, 9.17) is 9.84 Å². The first-order valence-electron chi connectivity index (χ1n) is 5.70. The number of hydrogen-bond donors (Lipinski definition) is 1. The zero-order chi connectivity index (χ0) is 14.6. The van der Waals surface area contributed by atoms with Gasteiger partial charge >= 0.3 is 11.9 Å². The highest BCUT2D eigenvalue weighted by atomic mass is 16.8. The fraction of sp³-hybridized carbons (Fsp3) is 0.800. The van der Waals surface area contributed by atoms with Crippen molar-refractivity contribution in [2.45, 2.75) is 33.2 Å². The molecule has 1 aliphatic heterocycles. The van der Waals surface area contributed by atoms with E-state index in [2.05, 4.69) is 10.1 Å². The van der Waals surface area contributed by atoms with Crippen LogP contribution < -0.4 is 0 Å². The van der Waals surface area contributed by atoms with Crippen LogP contribution in [0.4, 0.5) is 0 Å². The van der Waals surface area contributed by atoms with Gasteiger partial charge in [-0.2, -0.15) is 0 Å². The van der Waals surface area contributed by atoms with E-state index in [0.717, 1.165) is 5.01 Å². The van der Waals surface area contributed by atoms with Crippen LogP contribution in [0.2, 0.25) is 0 Å². The van der Waals surface area contributed by atoms with Crippen LogP contribution >= 0.6 is 0 Å². The largest absolute Gasteiger partial charge is 0.569 e. The summed E-state index contributed by atoms with van der Waals surface area (Å²) in [6.45, 7) is 4.80. The van der Waals surface area contributed by atoms with Gasteiger partial charge in [-0.25, -0.2) is 4.79 Å². The van der Waals surface area contributed by atoms with Crippen molar-refractivity contribution in [3.63, 3.8) is 0 Å². The molecule has 0 saturated carbocycles. The second-order valence-corrected chi connectivity index (χ2v) is 5.07. The van der Waals surface area contributed by atoms with E-state index in [0.29, 0.717) is 6.42 Å². The number of rotatable bonds is 5. The number of carboxylic acid groups (broad SMARTS) is 1. The number of carbonyl (C=O) groups is 2. The van der Waals surface area contributed by atoms with Gasteiger partial charge < -0.3 is 19.9 Å². The van der Waals surface area contributed by atoms with Crippen molar-refractivity contribution in [3.05, 3.63) is 5.21 Å². The number of carboxylic acids is 1. The van der Waals surface area contributed by atoms with Crippen LogP contribution in [0, 0.1) is 10.6 Å². The minimum Gasteiger partial charge on any atom is -0.569 e. The molecular formula is C10H17N3O6. The number of esters is 1. The molecule has 1 N–H and O–H groups in total. The lowest BCUT2D eigenvalue weighted by atomic mass is 9.98. The molecule has 108 valence electrons. The van der Waals surface area contributed by atoms with Crippen molar-refractivity contribution in [2.24, 2.45) is 10.7 Å². The molecule has 0 amide bonds. The SMILES string of the molecule is CC(C)(C)C(=O)OCON=[N+]([O-])N1CCC1C(=O)O. The minimum absolute atomic E-state index is 0.0488. The van der Waals surface area contributed by atoms with Crippen molar-refractivity contribution < 1.29 is 29.2 Å². The lowest BCUT2D eigenvalue weighted by Crippen LogP contribution is -2.55. The van der Waals surface area contributed by atoms with E-state index < -0.39 is 30.2 Å². The number of carbonyl (C=O) groups excluding carboxylic acids is 1. The fourth-order valence-corrected chi connectivity index (χ4v) is 1.25. The summed E-state index contributed by atoms with van der Waals surface area (Å²) in [5.41, 5.74) is -0.674. The average molecular weight is 275 g/mol. The topological polar surface area (TPSA) is 114 Å². The molecule has 1 fully saturated rings. The highest BCUT2D eigenvalue weighted by Crippen LogP contribution is 2.17. The van der Waals surface area contributed by atoms with E-state index in [1.165, 1.54) is 0 Å². The standard InChI is InChI=1S/C10H17N3O6/c1-10(2,3)9(16)18-6-19-11-13(17)12-5-4-7(12)8(14)15/h7H,4-6H2,1-3H3,(H,14,15). The van der Waals surface area contributed by atoms with E-state index in [-0.39, 0.29) is 11.5 Å². The van der Waals surface area contributed by atoms with Crippen molar-refractivity contribution in [2.75, 3.05) is 13.3 Å². The summed E-state index contributed by atoms with van der Waals surface area (Å²) in [6.07, 6.45) is 0.378. The summed E-state index contributed by atoms with van der Waals surface area (Å²) in [7, 11) is 0. The van der Waals surface area contributed by atoms with Crippen molar-refractivity contribution in [1.29, 1.82) is 0 Å². The molecule has 0 radical (unpaired) electrons. The predicted molar refractivity (Wildman–Crippen MR) is 60.3 cm³/mol. The van der Waals surface area contributed by atoms with Gasteiger partial charge in [0.15, 0.2) is 6.04 Å². The Bertz CT molecular complexity index is 389. The van der Waals surface area contributed by atoms with Gasteiger partial charge in [0.05, 0.1) is 16.9 Å². The number of hydrogen-bond acceptors (Lipinski definition) is 6. The van der Waals surface area contributed by atoms with Gasteiger partial charge in [0.25, 0.3) is 6.79 Å². The van der Waals surface area contributed by atoms with Crippen LogP contribution in [-0.2, 0) is 19.2 Å². The van der Waals surface area contributed by atoms with Gasteiger partial charge in [0.1, 0.15) is 0 Å². The normalized spacial score (nSPS) is 19.6. The van der Waals surface area contributed by atoms with Crippen LogP contribution in [-0.4, -0.2) is 46.4 Å². The summed E-state index contributed by atoms with van der Waals surface area (Å²) >= 11 is 0. The molecule has 1 atom stereocenters. The molecule has 0 aliphatic carbocycles. The Kier molecular flexibility index (Phi) is 4.52. The lowest BCUT2D eigenvalue weighted by molar-refractivity contribution is -0.729. The van der Waals surface area contributed by atoms with Crippen LogP contribution in [0.1, 0.15) is 27.2 Å². The van der Waals surface area contributed by atoms with Gasteiger partial charge in [-0.1, -0.05) is 0 Å². The molecule has 0 aromatic rings. The number of nitrogens with zero attached hydrogens (tertiary/aromatic N) is 3. The summed E-state index contributed by atoms with van der Waals surface area (Å²) in [6, 6.07) is -0.887. The Morgan fingerprint density at radius 3 is 2.58 bits per heavy atom. The van der Waals surface area contributed by atoms with Crippen LogP contribution in [0.3, 0.4) is 0 Å². The minimum atomic E-state index is -1.10. The second kappa shape index (κ2) is 5.72. The monoisotopic (exact) mass is 275 g/mol. The maximum atomic E-state index is 11.3. The molecular weight excluding hydrogens is 258 g/mol. The van der Waals surface area contributed by atoms with Gasteiger partial charge in [0, 0.05) is 6.42 Å². The molecule has 19 heavy (non-hydrogen) atoms. The van der Waals surface area contributed by atoms with Gasteiger partial charge in [-0.15, -0.1) is 5.01 Å². The molecule has 9 heteroatoms. The first-order valence-corrected chi connectivity index (χ1v) is 5.70.